The van der Waals surface area contributed by atoms with Crippen molar-refractivity contribution in [3.05, 3.63) is 5.32 Å². The van der Waals surface area contributed by atoms with E-state index in [1.807, 2.05) is 13.8 Å². The van der Waals surface area contributed by atoms with Crippen LogP contribution >= 0.6 is 0 Å². The van der Waals surface area contributed by atoms with Gasteiger partial charge in [-0.1, -0.05) is 20.8 Å². The van der Waals surface area contributed by atoms with Crippen molar-refractivity contribution in [2.75, 3.05) is 46.3 Å². The summed E-state index contributed by atoms with van der Waals surface area (Å²) in [5.41, 5.74) is 0. The molecule has 107 valence electrons. The smallest absolute Gasteiger partial charge is 0.000930 e. The third-order valence-electron chi connectivity index (χ3n) is 3.73. The molecule has 0 aromatic heterocycles. The zero-order valence-corrected chi connectivity index (χ0v) is 14.0. The first-order chi connectivity index (χ1) is 8.24. The van der Waals surface area contributed by atoms with Gasteiger partial charge in [0.05, 0.1) is 0 Å². The largest absolute Gasteiger partial charge is 0.658 e. The van der Waals surface area contributed by atoms with Gasteiger partial charge in [0.25, 0.3) is 0 Å². The van der Waals surface area contributed by atoms with E-state index in [1.165, 1.54) is 45.6 Å². The molecular formula is C14H30N3V-. The van der Waals surface area contributed by atoms with Crippen LogP contribution in [0.25, 0.3) is 5.32 Å². The zero-order chi connectivity index (χ0) is 12.7. The average molecular weight is 291 g/mol. The molecule has 18 heavy (non-hydrogen) atoms. The molecule has 0 spiro atoms. The van der Waals surface area contributed by atoms with Crippen LogP contribution in [0.3, 0.4) is 0 Å². The summed E-state index contributed by atoms with van der Waals surface area (Å²) in [6.45, 7) is 13.6. The van der Waals surface area contributed by atoms with Gasteiger partial charge in [0.2, 0.25) is 0 Å². The van der Waals surface area contributed by atoms with Crippen LogP contribution in [0.1, 0.15) is 33.6 Å². The second kappa shape index (κ2) is 10.3. The minimum Gasteiger partial charge on any atom is -0.658 e. The van der Waals surface area contributed by atoms with Crippen LogP contribution in [0.2, 0.25) is 0 Å². The van der Waals surface area contributed by atoms with Crippen LogP contribution in [0.4, 0.5) is 0 Å². The Morgan fingerprint density at radius 2 is 1.72 bits per heavy atom. The zero-order valence-electron chi connectivity index (χ0n) is 12.6. The fourth-order valence-corrected chi connectivity index (χ4v) is 2.72. The summed E-state index contributed by atoms with van der Waals surface area (Å²) < 4.78 is 0. The number of likely N-dealkylation sites (tertiary alicyclic amines) is 1. The van der Waals surface area contributed by atoms with E-state index in [0.717, 1.165) is 12.5 Å². The van der Waals surface area contributed by atoms with E-state index >= 15 is 0 Å². The van der Waals surface area contributed by atoms with E-state index in [9.17, 15) is 0 Å². The van der Waals surface area contributed by atoms with Crippen molar-refractivity contribution in [1.82, 2.24) is 9.80 Å². The predicted molar refractivity (Wildman–Crippen MR) is 75.7 cm³/mol. The maximum Gasteiger partial charge on any atom is 0.000930 e. The van der Waals surface area contributed by atoms with Crippen molar-refractivity contribution in [2.24, 2.45) is 5.92 Å². The van der Waals surface area contributed by atoms with Gasteiger partial charge in [-0.25, -0.2) is 0 Å². The molecule has 2 fully saturated rings. The molecule has 1 atom stereocenters. The number of piperidine rings is 1. The topological polar surface area (TPSA) is 20.6 Å². The van der Waals surface area contributed by atoms with E-state index in [2.05, 4.69) is 29.1 Å². The molecule has 0 amide bonds. The number of hydrogen-bond acceptors (Lipinski definition) is 2. The molecule has 0 saturated carbocycles. The van der Waals surface area contributed by atoms with Crippen LogP contribution in [-0.4, -0.2) is 62.2 Å². The Kier molecular flexibility index (Phi) is 10.5. The first-order valence-corrected chi connectivity index (χ1v) is 7.31. The summed E-state index contributed by atoms with van der Waals surface area (Å²) in [5, 5.41) is 4.54. The molecule has 2 aliphatic rings. The average Bonchev–Trinajstić information content (AvgIpc) is 2.35. The summed E-state index contributed by atoms with van der Waals surface area (Å²) in [6, 6.07) is 0.560. The van der Waals surface area contributed by atoms with Crippen molar-refractivity contribution in [3.63, 3.8) is 0 Å². The second-order valence-electron chi connectivity index (χ2n) is 5.26. The van der Waals surface area contributed by atoms with Gasteiger partial charge in [0.1, 0.15) is 0 Å². The summed E-state index contributed by atoms with van der Waals surface area (Å²) >= 11 is 0. The molecule has 0 aliphatic carbocycles. The van der Waals surface area contributed by atoms with Gasteiger partial charge in [-0.3, -0.25) is 0 Å². The standard InChI is InChI=1S/C12H24N3.C2H6.V/c1-11-9-15(8-5-13-11)10-12-3-6-14(2)7-4-12;1-2;/h11-12H,3-10H2,1-2H3;1-2H3;/q-1;;. The van der Waals surface area contributed by atoms with Crippen molar-refractivity contribution in [1.29, 1.82) is 0 Å². The SMILES string of the molecule is CC.CC1CN(CC2CCN(C)CC2)CC[N-]1.[V]. The summed E-state index contributed by atoms with van der Waals surface area (Å²) in [5.74, 6) is 0.937. The maximum absolute atomic E-state index is 4.54. The second-order valence-corrected chi connectivity index (χ2v) is 5.26. The third kappa shape index (κ3) is 6.58. The van der Waals surface area contributed by atoms with Crippen molar-refractivity contribution < 1.29 is 18.6 Å². The molecule has 4 heteroatoms. The minimum atomic E-state index is 0. The van der Waals surface area contributed by atoms with Crippen LogP contribution in [0, 0.1) is 5.92 Å². The van der Waals surface area contributed by atoms with Gasteiger partial charge in [-0.2, -0.15) is 0 Å². The van der Waals surface area contributed by atoms with Crippen molar-refractivity contribution >= 4 is 0 Å². The van der Waals surface area contributed by atoms with Crippen LogP contribution < -0.4 is 0 Å². The third-order valence-corrected chi connectivity index (χ3v) is 3.73. The Hall–Kier alpha value is 0.464. The quantitative estimate of drug-likeness (QED) is 0.779. The molecule has 0 N–H and O–H groups in total. The van der Waals surface area contributed by atoms with E-state index < -0.39 is 0 Å². The van der Waals surface area contributed by atoms with Crippen molar-refractivity contribution in [2.45, 2.75) is 39.7 Å². The maximum atomic E-state index is 4.54. The van der Waals surface area contributed by atoms with E-state index in [-0.39, 0.29) is 18.6 Å². The van der Waals surface area contributed by atoms with Crippen molar-refractivity contribution in [3.8, 4) is 0 Å². The molecule has 3 nitrogen and oxygen atoms in total. The van der Waals surface area contributed by atoms with Gasteiger partial charge in [0, 0.05) is 25.1 Å². The number of hydrogen-bond donors (Lipinski definition) is 0. The monoisotopic (exact) mass is 291 g/mol. The van der Waals surface area contributed by atoms with Gasteiger partial charge in [0.15, 0.2) is 0 Å². The fourth-order valence-electron chi connectivity index (χ4n) is 2.72. The molecule has 0 bridgehead atoms. The Balaban J connectivity index is 0.000000917. The summed E-state index contributed by atoms with van der Waals surface area (Å²) in [7, 11) is 2.23. The molecule has 2 aliphatic heterocycles. The predicted octanol–water partition coefficient (Wildman–Crippen LogP) is 2.43. The van der Waals surface area contributed by atoms with E-state index in [0.29, 0.717) is 6.04 Å². The molecule has 0 aromatic rings. The summed E-state index contributed by atoms with van der Waals surface area (Å²) in [4.78, 5) is 5.07. The first kappa shape index (κ1) is 18.5. The molecule has 2 rings (SSSR count). The summed E-state index contributed by atoms with van der Waals surface area (Å²) in [6.07, 6.45) is 2.77. The number of piperazine rings is 1. The van der Waals surface area contributed by atoms with Gasteiger partial charge in [-0.15, -0.1) is 12.6 Å². The number of nitrogens with zero attached hydrogens (tertiary/aromatic N) is 3. The minimum absolute atomic E-state index is 0. The Bertz CT molecular complexity index is 193. The molecular weight excluding hydrogens is 261 g/mol. The molecule has 1 radical (unpaired) electrons. The Morgan fingerprint density at radius 3 is 2.28 bits per heavy atom. The molecule has 0 aromatic carbocycles. The van der Waals surface area contributed by atoms with Gasteiger partial charge in [-0.05, 0) is 52.0 Å². The molecule has 2 heterocycles. The normalized spacial score (nSPS) is 27.0. The first-order valence-electron chi connectivity index (χ1n) is 7.31. The molecule has 2 saturated heterocycles. The van der Waals surface area contributed by atoms with Crippen LogP contribution in [-0.2, 0) is 18.6 Å². The van der Waals surface area contributed by atoms with Gasteiger partial charge >= 0.3 is 0 Å². The van der Waals surface area contributed by atoms with Crippen LogP contribution in [0.5, 0.6) is 0 Å². The molecule has 1 unspecified atom stereocenters. The van der Waals surface area contributed by atoms with E-state index in [1.54, 1.807) is 0 Å². The Labute approximate surface area is 126 Å². The fraction of sp³-hybridized carbons (Fsp3) is 1.00. The Morgan fingerprint density at radius 1 is 1.11 bits per heavy atom. The van der Waals surface area contributed by atoms with Gasteiger partial charge < -0.3 is 15.1 Å². The van der Waals surface area contributed by atoms with E-state index in [4.69, 9.17) is 0 Å². The van der Waals surface area contributed by atoms with Crippen LogP contribution in [0.15, 0.2) is 0 Å². The number of rotatable bonds is 2.